The molecule has 0 aliphatic rings. The molecule has 3 aromatic rings. The van der Waals surface area contributed by atoms with Crippen molar-refractivity contribution in [3.8, 4) is 11.1 Å². The van der Waals surface area contributed by atoms with Crippen LogP contribution in [0.15, 0.2) is 48.5 Å². The molecule has 0 fully saturated rings. The van der Waals surface area contributed by atoms with Crippen molar-refractivity contribution in [2.24, 2.45) is 0 Å². The average molecular weight is 391 g/mol. The van der Waals surface area contributed by atoms with E-state index in [2.05, 4.69) is 6.07 Å². The average Bonchev–Trinajstić information content (AvgIpc) is 2.62. The smallest absolute Gasteiger partial charge is 0.166 e. The van der Waals surface area contributed by atoms with Gasteiger partial charge in [0.15, 0.2) is 11.6 Å². The summed E-state index contributed by atoms with van der Waals surface area (Å²) in [6, 6.07) is 14.6. The summed E-state index contributed by atoms with van der Waals surface area (Å²) >= 11 is 12.5. The van der Waals surface area contributed by atoms with Gasteiger partial charge in [0.05, 0.1) is 0 Å². The molecule has 0 N–H and O–H groups in total. The van der Waals surface area contributed by atoms with Gasteiger partial charge in [0, 0.05) is 21.2 Å². The molecule has 0 amide bonds. The van der Waals surface area contributed by atoms with Gasteiger partial charge in [-0.3, -0.25) is 0 Å². The summed E-state index contributed by atoms with van der Waals surface area (Å²) in [5, 5.41) is 1.17. The lowest BCUT2D eigenvalue weighted by molar-refractivity contribution is 0.505. The predicted molar refractivity (Wildman–Crippen MR) is 105 cm³/mol. The van der Waals surface area contributed by atoms with Crippen LogP contribution in [0.2, 0.25) is 10.0 Å². The minimum Gasteiger partial charge on any atom is -0.203 e. The van der Waals surface area contributed by atoms with E-state index in [1.165, 1.54) is 6.92 Å². The zero-order valence-electron chi connectivity index (χ0n) is 14.5. The van der Waals surface area contributed by atoms with E-state index in [4.69, 9.17) is 23.2 Å². The highest BCUT2D eigenvalue weighted by Crippen LogP contribution is 2.32. The Balaban J connectivity index is 1.81. The molecule has 0 heterocycles. The van der Waals surface area contributed by atoms with Crippen molar-refractivity contribution in [3.05, 3.63) is 92.5 Å². The van der Waals surface area contributed by atoms with Crippen molar-refractivity contribution in [2.45, 2.75) is 26.7 Å². The molecular formula is C22H18Cl2F2. The number of aryl methyl sites for hydroxylation is 4. The number of halogens is 4. The molecule has 3 aromatic carbocycles. The molecule has 0 saturated carbocycles. The van der Waals surface area contributed by atoms with E-state index < -0.39 is 11.6 Å². The first kappa shape index (κ1) is 18.9. The van der Waals surface area contributed by atoms with E-state index in [0.29, 0.717) is 10.6 Å². The van der Waals surface area contributed by atoms with Crippen molar-refractivity contribution in [1.82, 2.24) is 0 Å². The van der Waals surface area contributed by atoms with Crippen LogP contribution < -0.4 is 0 Å². The van der Waals surface area contributed by atoms with Crippen LogP contribution in [-0.2, 0) is 12.8 Å². The fourth-order valence-electron chi connectivity index (χ4n) is 2.87. The lowest BCUT2D eigenvalue weighted by atomic mass is 9.98. The molecule has 0 spiro atoms. The lowest BCUT2D eigenvalue weighted by Crippen LogP contribution is -1.95. The van der Waals surface area contributed by atoms with E-state index in [1.807, 2.05) is 31.2 Å². The van der Waals surface area contributed by atoms with Crippen molar-refractivity contribution in [1.29, 1.82) is 0 Å². The van der Waals surface area contributed by atoms with Crippen LogP contribution in [-0.4, -0.2) is 0 Å². The Hall–Kier alpha value is -1.90. The molecule has 134 valence electrons. The quantitative estimate of drug-likeness (QED) is 0.436. The first-order chi connectivity index (χ1) is 12.4. The van der Waals surface area contributed by atoms with E-state index in [0.717, 1.165) is 34.6 Å². The van der Waals surface area contributed by atoms with Gasteiger partial charge in [0.2, 0.25) is 0 Å². The topological polar surface area (TPSA) is 0 Å². The molecule has 4 heteroatoms. The molecule has 0 aliphatic heterocycles. The minimum atomic E-state index is -0.867. The van der Waals surface area contributed by atoms with Gasteiger partial charge in [-0.2, -0.15) is 0 Å². The Bertz CT molecular complexity index is 965. The first-order valence-electron chi connectivity index (χ1n) is 8.35. The maximum absolute atomic E-state index is 14.2. The summed E-state index contributed by atoms with van der Waals surface area (Å²) in [6.45, 7) is 3.50. The van der Waals surface area contributed by atoms with Gasteiger partial charge in [-0.15, -0.1) is 0 Å². The van der Waals surface area contributed by atoms with Gasteiger partial charge >= 0.3 is 0 Å². The zero-order valence-corrected chi connectivity index (χ0v) is 16.1. The highest BCUT2D eigenvalue weighted by Gasteiger charge is 2.15. The molecule has 0 atom stereocenters. The van der Waals surface area contributed by atoms with Crippen LogP contribution in [0.5, 0.6) is 0 Å². The molecule has 0 aromatic heterocycles. The number of rotatable bonds is 4. The fraction of sp³-hybridized carbons (Fsp3) is 0.182. The molecule has 0 radical (unpaired) electrons. The van der Waals surface area contributed by atoms with Crippen LogP contribution in [0.1, 0.15) is 22.3 Å². The van der Waals surface area contributed by atoms with E-state index in [9.17, 15) is 8.78 Å². The van der Waals surface area contributed by atoms with Gasteiger partial charge < -0.3 is 0 Å². The van der Waals surface area contributed by atoms with Crippen molar-refractivity contribution >= 4 is 23.2 Å². The molecule has 3 rings (SSSR count). The molecule has 0 unspecified atom stereocenters. The Kier molecular flexibility index (Phi) is 5.64. The van der Waals surface area contributed by atoms with Gasteiger partial charge in [-0.1, -0.05) is 59.6 Å². The minimum absolute atomic E-state index is 0.176. The van der Waals surface area contributed by atoms with E-state index in [-0.39, 0.29) is 11.1 Å². The van der Waals surface area contributed by atoms with Crippen molar-refractivity contribution < 1.29 is 8.78 Å². The van der Waals surface area contributed by atoms with Crippen LogP contribution in [0.3, 0.4) is 0 Å². The van der Waals surface area contributed by atoms with Gasteiger partial charge in [0.1, 0.15) is 0 Å². The van der Waals surface area contributed by atoms with Crippen LogP contribution in [0, 0.1) is 25.5 Å². The maximum Gasteiger partial charge on any atom is 0.166 e. The number of benzene rings is 3. The summed E-state index contributed by atoms with van der Waals surface area (Å²) in [6.07, 6.45) is 1.60. The fourth-order valence-corrected chi connectivity index (χ4v) is 3.38. The Morgan fingerprint density at radius 1 is 0.654 bits per heavy atom. The van der Waals surface area contributed by atoms with Crippen molar-refractivity contribution in [2.75, 3.05) is 0 Å². The van der Waals surface area contributed by atoms with Gasteiger partial charge in [-0.25, -0.2) is 8.78 Å². The Morgan fingerprint density at radius 3 is 1.81 bits per heavy atom. The first-order valence-corrected chi connectivity index (χ1v) is 9.11. The number of hydrogen-bond donors (Lipinski definition) is 0. The van der Waals surface area contributed by atoms with Crippen molar-refractivity contribution in [3.63, 3.8) is 0 Å². The highest BCUT2D eigenvalue weighted by molar-refractivity contribution is 6.33. The highest BCUT2D eigenvalue weighted by atomic mass is 35.5. The summed E-state index contributed by atoms with van der Waals surface area (Å²) in [5.74, 6) is -1.70. The normalized spacial score (nSPS) is 11.0. The van der Waals surface area contributed by atoms with Crippen LogP contribution in [0.4, 0.5) is 8.78 Å². The zero-order chi connectivity index (χ0) is 18.8. The summed E-state index contributed by atoms with van der Waals surface area (Å²) < 4.78 is 28.1. The monoisotopic (exact) mass is 390 g/mol. The molecule has 0 nitrogen and oxygen atoms in total. The molecular weight excluding hydrogens is 373 g/mol. The third kappa shape index (κ3) is 3.92. The van der Waals surface area contributed by atoms with E-state index >= 15 is 0 Å². The third-order valence-corrected chi connectivity index (χ3v) is 5.26. The number of hydrogen-bond acceptors (Lipinski definition) is 0. The lowest BCUT2D eigenvalue weighted by Gasteiger charge is -2.10. The van der Waals surface area contributed by atoms with Crippen LogP contribution >= 0.6 is 23.2 Å². The van der Waals surface area contributed by atoms with Crippen LogP contribution in [0.25, 0.3) is 11.1 Å². The summed E-state index contributed by atoms with van der Waals surface area (Å²) in [4.78, 5) is 0. The molecule has 0 aliphatic carbocycles. The second-order valence-corrected chi connectivity index (χ2v) is 7.27. The Morgan fingerprint density at radius 2 is 1.19 bits per heavy atom. The molecule has 0 saturated heterocycles. The Labute approximate surface area is 162 Å². The largest absolute Gasteiger partial charge is 0.203 e. The maximum atomic E-state index is 14.2. The molecule has 0 bridgehead atoms. The predicted octanol–water partition coefficient (Wildman–Crippen LogP) is 7.34. The van der Waals surface area contributed by atoms with Gasteiger partial charge in [0.25, 0.3) is 0 Å². The summed E-state index contributed by atoms with van der Waals surface area (Å²) in [5.41, 5.74) is 4.17. The standard InChI is InChI=1S/C22H18Cl2F2/c1-13-3-5-15(11-19(13)23)6-7-16-8-10-17(20(24)12-16)18-9-4-14(2)21(25)22(18)26/h3-5,8-12H,6-7H2,1-2H3. The summed E-state index contributed by atoms with van der Waals surface area (Å²) in [7, 11) is 0. The van der Waals surface area contributed by atoms with Gasteiger partial charge in [-0.05, 0) is 61.1 Å². The molecule has 26 heavy (non-hydrogen) atoms. The second-order valence-electron chi connectivity index (χ2n) is 6.46. The van der Waals surface area contributed by atoms with E-state index in [1.54, 1.807) is 18.2 Å². The second kappa shape index (κ2) is 7.77. The SMILES string of the molecule is Cc1ccc(CCc2ccc(-c3ccc(C)c(F)c3F)c(Cl)c2)cc1Cl. The third-order valence-electron chi connectivity index (χ3n) is 4.54.